The molecule has 0 aromatic heterocycles. The second kappa shape index (κ2) is 6.89. The Labute approximate surface area is 143 Å². The number of benzene rings is 1. The monoisotopic (exact) mass is 334 g/mol. The van der Waals surface area contributed by atoms with E-state index in [1.54, 1.807) is 4.90 Å². The van der Waals surface area contributed by atoms with Crippen LogP contribution in [0, 0.1) is 0 Å². The SMILES string of the molecule is CC(C)(C)OC(=O)N1CCCC1NCCc1ccc2c(c1)OCO2. The maximum absolute atomic E-state index is 12.3. The van der Waals surface area contributed by atoms with Gasteiger partial charge in [-0.05, 0) is 57.7 Å². The maximum atomic E-state index is 12.3. The molecule has 6 nitrogen and oxygen atoms in total. The van der Waals surface area contributed by atoms with Gasteiger partial charge in [0, 0.05) is 13.1 Å². The van der Waals surface area contributed by atoms with E-state index in [2.05, 4.69) is 11.4 Å². The summed E-state index contributed by atoms with van der Waals surface area (Å²) in [7, 11) is 0. The van der Waals surface area contributed by atoms with Crippen LogP contribution in [0.25, 0.3) is 0 Å². The van der Waals surface area contributed by atoms with Crippen molar-refractivity contribution in [1.29, 1.82) is 0 Å². The van der Waals surface area contributed by atoms with E-state index in [-0.39, 0.29) is 12.3 Å². The fourth-order valence-corrected chi connectivity index (χ4v) is 3.00. The quantitative estimate of drug-likeness (QED) is 0.917. The van der Waals surface area contributed by atoms with E-state index < -0.39 is 5.60 Å². The van der Waals surface area contributed by atoms with Crippen molar-refractivity contribution in [3.63, 3.8) is 0 Å². The minimum atomic E-state index is -0.462. The third-order valence-corrected chi connectivity index (χ3v) is 4.11. The number of likely N-dealkylation sites (tertiary alicyclic amines) is 1. The number of carbonyl (C=O) groups excluding carboxylic acids is 1. The largest absolute Gasteiger partial charge is 0.454 e. The molecule has 0 saturated carbocycles. The van der Waals surface area contributed by atoms with Gasteiger partial charge >= 0.3 is 6.09 Å². The van der Waals surface area contributed by atoms with E-state index in [0.717, 1.165) is 43.9 Å². The Balaban J connectivity index is 1.49. The minimum absolute atomic E-state index is 0.0499. The molecule has 0 spiro atoms. The van der Waals surface area contributed by atoms with Crippen LogP contribution >= 0.6 is 0 Å². The number of rotatable bonds is 4. The van der Waals surface area contributed by atoms with Gasteiger partial charge in [0.15, 0.2) is 11.5 Å². The lowest BCUT2D eigenvalue weighted by molar-refractivity contribution is 0.0201. The van der Waals surface area contributed by atoms with Crippen molar-refractivity contribution in [3.8, 4) is 11.5 Å². The third-order valence-electron chi connectivity index (χ3n) is 4.11. The van der Waals surface area contributed by atoms with Crippen LogP contribution in [0.4, 0.5) is 4.79 Å². The summed E-state index contributed by atoms with van der Waals surface area (Å²) in [5.74, 6) is 1.61. The lowest BCUT2D eigenvalue weighted by atomic mass is 10.1. The number of hydrogen-bond donors (Lipinski definition) is 1. The molecule has 24 heavy (non-hydrogen) atoms. The topological polar surface area (TPSA) is 60.0 Å². The molecular formula is C18H26N2O4. The van der Waals surface area contributed by atoms with Crippen LogP contribution in [0.15, 0.2) is 18.2 Å². The summed E-state index contributed by atoms with van der Waals surface area (Å²) in [6, 6.07) is 6.01. The summed E-state index contributed by atoms with van der Waals surface area (Å²) in [6.07, 6.45) is 2.64. The average molecular weight is 334 g/mol. The Hall–Kier alpha value is -1.95. The normalized spacial score (nSPS) is 19.6. The zero-order valence-corrected chi connectivity index (χ0v) is 14.6. The molecule has 1 unspecified atom stereocenters. The lowest BCUT2D eigenvalue weighted by Gasteiger charge is -2.29. The van der Waals surface area contributed by atoms with Crippen LogP contribution in [0.1, 0.15) is 39.2 Å². The van der Waals surface area contributed by atoms with Crippen molar-refractivity contribution < 1.29 is 19.0 Å². The van der Waals surface area contributed by atoms with Crippen LogP contribution in [0.2, 0.25) is 0 Å². The van der Waals surface area contributed by atoms with E-state index in [4.69, 9.17) is 14.2 Å². The highest BCUT2D eigenvalue weighted by Crippen LogP contribution is 2.32. The lowest BCUT2D eigenvalue weighted by Crippen LogP contribution is -2.47. The van der Waals surface area contributed by atoms with Gasteiger partial charge in [-0.3, -0.25) is 10.2 Å². The summed E-state index contributed by atoms with van der Waals surface area (Å²) in [6.45, 7) is 7.51. The van der Waals surface area contributed by atoms with E-state index in [1.165, 1.54) is 5.56 Å². The smallest absolute Gasteiger partial charge is 0.411 e. The van der Waals surface area contributed by atoms with Gasteiger partial charge in [-0.2, -0.15) is 0 Å². The first kappa shape index (κ1) is 16.9. The molecular weight excluding hydrogens is 308 g/mol. The Kier molecular flexibility index (Phi) is 4.85. The molecule has 0 aliphatic carbocycles. The minimum Gasteiger partial charge on any atom is -0.454 e. The highest BCUT2D eigenvalue weighted by molar-refractivity contribution is 5.68. The molecule has 1 aromatic rings. The summed E-state index contributed by atoms with van der Waals surface area (Å²) in [5, 5.41) is 3.47. The number of ether oxygens (including phenoxy) is 3. The number of hydrogen-bond acceptors (Lipinski definition) is 5. The van der Waals surface area contributed by atoms with E-state index >= 15 is 0 Å². The Morgan fingerprint density at radius 1 is 1.33 bits per heavy atom. The Morgan fingerprint density at radius 3 is 2.92 bits per heavy atom. The molecule has 1 fully saturated rings. The predicted octanol–water partition coefficient (Wildman–Crippen LogP) is 2.90. The molecule has 2 aliphatic rings. The van der Waals surface area contributed by atoms with Gasteiger partial charge in [0.25, 0.3) is 0 Å². The molecule has 1 amide bonds. The van der Waals surface area contributed by atoms with Gasteiger partial charge in [0.2, 0.25) is 6.79 Å². The van der Waals surface area contributed by atoms with Crippen LogP contribution in [0.3, 0.4) is 0 Å². The molecule has 2 aliphatic heterocycles. The van der Waals surface area contributed by atoms with Crippen molar-refractivity contribution in [3.05, 3.63) is 23.8 Å². The Bertz CT molecular complexity index is 597. The molecule has 6 heteroatoms. The molecule has 0 radical (unpaired) electrons. The molecule has 1 saturated heterocycles. The zero-order chi connectivity index (χ0) is 17.2. The van der Waals surface area contributed by atoms with Crippen LogP contribution in [0.5, 0.6) is 11.5 Å². The summed E-state index contributed by atoms with van der Waals surface area (Å²) < 4.78 is 16.2. The highest BCUT2D eigenvalue weighted by atomic mass is 16.7. The van der Waals surface area contributed by atoms with Gasteiger partial charge in [-0.1, -0.05) is 6.07 Å². The number of carbonyl (C=O) groups is 1. The first-order chi connectivity index (χ1) is 11.4. The van der Waals surface area contributed by atoms with Crippen LogP contribution in [-0.2, 0) is 11.2 Å². The number of nitrogens with zero attached hydrogens (tertiary/aromatic N) is 1. The second-order valence-corrected chi connectivity index (χ2v) is 7.22. The van der Waals surface area contributed by atoms with Crippen LogP contribution in [-0.4, -0.2) is 42.6 Å². The molecule has 1 aromatic carbocycles. The van der Waals surface area contributed by atoms with Gasteiger partial charge in [0.05, 0.1) is 6.17 Å². The van der Waals surface area contributed by atoms with Gasteiger partial charge in [0.1, 0.15) is 5.60 Å². The molecule has 1 N–H and O–H groups in total. The maximum Gasteiger partial charge on any atom is 0.411 e. The molecule has 132 valence electrons. The van der Waals surface area contributed by atoms with Gasteiger partial charge < -0.3 is 14.2 Å². The van der Waals surface area contributed by atoms with Crippen LogP contribution < -0.4 is 14.8 Å². The van der Waals surface area contributed by atoms with Crippen molar-refractivity contribution in [2.24, 2.45) is 0 Å². The highest BCUT2D eigenvalue weighted by Gasteiger charge is 2.31. The average Bonchev–Trinajstić information content (AvgIpc) is 3.13. The fraction of sp³-hybridized carbons (Fsp3) is 0.611. The number of amides is 1. The first-order valence-corrected chi connectivity index (χ1v) is 8.54. The third kappa shape index (κ3) is 4.12. The van der Waals surface area contributed by atoms with Gasteiger partial charge in [-0.25, -0.2) is 4.79 Å². The molecule has 3 rings (SSSR count). The zero-order valence-electron chi connectivity index (χ0n) is 14.6. The predicted molar refractivity (Wildman–Crippen MR) is 90.2 cm³/mol. The van der Waals surface area contributed by atoms with Crippen molar-refractivity contribution in [1.82, 2.24) is 10.2 Å². The Morgan fingerprint density at radius 2 is 2.12 bits per heavy atom. The summed E-state index contributed by atoms with van der Waals surface area (Å²) in [4.78, 5) is 14.1. The van der Waals surface area contributed by atoms with E-state index in [1.807, 2.05) is 32.9 Å². The summed E-state index contributed by atoms with van der Waals surface area (Å²) >= 11 is 0. The second-order valence-electron chi connectivity index (χ2n) is 7.22. The number of fused-ring (bicyclic) bond motifs is 1. The van der Waals surface area contributed by atoms with Crippen molar-refractivity contribution in [2.75, 3.05) is 19.9 Å². The van der Waals surface area contributed by atoms with Gasteiger partial charge in [-0.15, -0.1) is 0 Å². The van der Waals surface area contributed by atoms with E-state index in [9.17, 15) is 4.79 Å². The standard InChI is InChI=1S/C18H26N2O4/c1-18(2,3)24-17(21)20-10-4-5-16(20)19-9-8-13-6-7-14-15(11-13)23-12-22-14/h6-7,11,16,19H,4-5,8-10,12H2,1-3H3. The number of nitrogens with one attached hydrogen (secondary N) is 1. The molecule has 0 bridgehead atoms. The van der Waals surface area contributed by atoms with E-state index in [0.29, 0.717) is 6.79 Å². The molecule has 2 heterocycles. The molecule has 1 atom stereocenters. The fourth-order valence-electron chi connectivity index (χ4n) is 3.00. The van der Waals surface area contributed by atoms with Crippen molar-refractivity contribution >= 4 is 6.09 Å². The first-order valence-electron chi connectivity index (χ1n) is 8.54. The summed E-state index contributed by atoms with van der Waals surface area (Å²) in [5.41, 5.74) is 0.727. The van der Waals surface area contributed by atoms with Crippen molar-refractivity contribution in [2.45, 2.75) is 51.8 Å².